The minimum atomic E-state index is 0.425. The molecule has 0 aliphatic heterocycles. The monoisotopic (exact) mass is 384 g/mol. The summed E-state index contributed by atoms with van der Waals surface area (Å²) in [4.78, 5) is 13.2. The number of nitrogens with one attached hydrogen (secondary N) is 2. The van der Waals surface area contributed by atoms with Crippen molar-refractivity contribution < 1.29 is 4.52 Å². The van der Waals surface area contributed by atoms with Crippen LogP contribution >= 0.6 is 11.6 Å². The summed E-state index contributed by atoms with van der Waals surface area (Å²) in [5.74, 6) is 1.78. The molecule has 0 unspecified atom stereocenters. The first-order valence-corrected chi connectivity index (χ1v) is 9.13. The third-order valence-electron chi connectivity index (χ3n) is 3.67. The zero-order chi connectivity index (χ0) is 18.9. The fraction of sp³-hybridized carbons (Fsp3) is 0.263. The number of aliphatic imine (C=N–C) groups is 1. The van der Waals surface area contributed by atoms with Crippen LogP contribution in [-0.2, 0) is 13.0 Å². The van der Waals surface area contributed by atoms with Crippen molar-refractivity contribution >= 4 is 17.6 Å². The summed E-state index contributed by atoms with van der Waals surface area (Å²) in [6.07, 6.45) is 2.31. The number of rotatable bonds is 7. The third kappa shape index (κ3) is 5.79. The molecule has 0 bridgehead atoms. The fourth-order valence-corrected chi connectivity index (χ4v) is 2.47. The number of aromatic nitrogens is 3. The van der Waals surface area contributed by atoms with Crippen LogP contribution < -0.4 is 10.6 Å². The molecule has 0 radical (unpaired) electrons. The van der Waals surface area contributed by atoms with Crippen LogP contribution in [0.2, 0.25) is 5.02 Å². The molecular formula is C19H21ClN6O. The molecule has 27 heavy (non-hydrogen) atoms. The van der Waals surface area contributed by atoms with Gasteiger partial charge in [-0.3, -0.25) is 4.98 Å². The SMILES string of the molecule is CCNC(=NCc1ccc(Cl)cc1)NCCc1noc(-c2ccccn2)n1. The number of hydrogen-bond acceptors (Lipinski definition) is 5. The molecule has 0 saturated carbocycles. The van der Waals surface area contributed by atoms with Crippen LogP contribution in [0.3, 0.4) is 0 Å². The van der Waals surface area contributed by atoms with Gasteiger partial charge in [0, 0.05) is 30.7 Å². The molecule has 0 saturated heterocycles. The summed E-state index contributed by atoms with van der Waals surface area (Å²) < 4.78 is 5.26. The van der Waals surface area contributed by atoms with Gasteiger partial charge >= 0.3 is 0 Å². The van der Waals surface area contributed by atoms with Crippen molar-refractivity contribution in [3.8, 4) is 11.6 Å². The summed E-state index contributed by atoms with van der Waals surface area (Å²) in [7, 11) is 0. The van der Waals surface area contributed by atoms with Crippen molar-refractivity contribution in [3.63, 3.8) is 0 Å². The maximum Gasteiger partial charge on any atom is 0.276 e. The third-order valence-corrected chi connectivity index (χ3v) is 3.92. The van der Waals surface area contributed by atoms with Crippen molar-refractivity contribution in [3.05, 3.63) is 65.1 Å². The molecule has 2 aromatic heterocycles. The normalized spacial score (nSPS) is 11.4. The maximum absolute atomic E-state index is 5.91. The van der Waals surface area contributed by atoms with Gasteiger partial charge in [0.2, 0.25) is 0 Å². The molecule has 140 valence electrons. The van der Waals surface area contributed by atoms with E-state index in [2.05, 4.69) is 30.8 Å². The van der Waals surface area contributed by atoms with E-state index in [0.29, 0.717) is 36.9 Å². The number of benzene rings is 1. The molecule has 0 aliphatic carbocycles. The number of halogens is 1. The van der Waals surface area contributed by atoms with Crippen molar-refractivity contribution in [2.45, 2.75) is 19.9 Å². The van der Waals surface area contributed by atoms with Crippen molar-refractivity contribution in [2.24, 2.45) is 4.99 Å². The summed E-state index contributed by atoms with van der Waals surface area (Å²) in [6, 6.07) is 13.2. The molecule has 7 nitrogen and oxygen atoms in total. The van der Waals surface area contributed by atoms with E-state index in [0.717, 1.165) is 23.1 Å². The number of guanidine groups is 1. The van der Waals surface area contributed by atoms with E-state index in [1.807, 2.05) is 49.4 Å². The Bertz CT molecular complexity index is 863. The smallest absolute Gasteiger partial charge is 0.276 e. The predicted molar refractivity (Wildman–Crippen MR) is 106 cm³/mol. The molecule has 0 spiro atoms. The second kappa shape index (κ2) is 9.68. The van der Waals surface area contributed by atoms with Gasteiger partial charge in [0.15, 0.2) is 11.8 Å². The van der Waals surface area contributed by atoms with Crippen LogP contribution in [0.5, 0.6) is 0 Å². The minimum absolute atomic E-state index is 0.425. The first-order chi connectivity index (χ1) is 13.2. The Labute approximate surface area is 162 Å². The fourth-order valence-electron chi connectivity index (χ4n) is 2.34. The second-order valence-corrected chi connectivity index (χ2v) is 6.17. The van der Waals surface area contributed by atoms with E-state index >= 15 is 0 Å². The quantitative estimate of drug-likeness (QED) is 0.480. The largest absolute Gasteiger partial charge is 0.357 e. The molecule has 0 atom stereocenters. The summed E-state index contributed by atoms with van der Waals surface area (Å²) in [5, 5.41) is 11.2. The Balaban J connectivity index is 1.53. The average molecular weight is 385 g/mol. The van der Waals surface area contributed by atoms with Gasteiger partial charge in [-0.15, -0.1) is 0 Å². The molecule has 3 rings (SSSR count). The molecule has 8 heteroatoms. The van der Waals surface area contributed by atoms with Crippen LogP contribution in [0, 0.1) is 0 Å². The topological polar surface area (TPSA) is 88.2 Å². The van der Waals surface area contributed by atoms with Crippen molar-refractivity contribution in [1.29, 1.82) is 0 Å². The minimum Gasteiger partial charge on any atom is -0.357 e. The standard InChI is InChI=1S/C19H21ClN6O/c1-2-21-19(24-13-14-6-8-15(20)9-7-14)23-12-10-17-25-18(27-26-17)16-5-3-4-11-22-16/h3-9,11H,2,10,12-13H2,1H3,(H2,21,23,24). The van der Waals surface area contributed by atoms with Crippen molar-refractivity contribution in [1.82, 2.24) is 25.8 Å². The summed E-state index contributed by atoms with van der Waals surface area (Å²) >= 11 is 5.91. The van der Waals surface area contributed by atoms with Gasteiger partial charge in [-0.05, 0) is 36.8 Å². The summed E-state index contributed by atoms with van der Waals surface area (Å²) in [5.41, 5.74) is 1.76. The van der Waals surface area contributed by atoms with E-state index in [9.17, 15) is 0 Å². The number of nitrogens with zero attached hydrogens (tertiary/aromatic N) is 4. The van der Waals surface area contributed by atoms with Crippen LogP contribution in [0.4, 0.5) is 0 Å². The first kappa shape index (κ1) is 18.8. The molecule has 0 aliphatic rings. The Kier molecular flexibility index (Phi) is 6.76. The number of hydrogen-bond donors (Lipinski definition) is 2. The highest BCUT2D eigenvalue weighted by atomic mass is 35.5. The van der Waals surface area contributed by atoms with E-state index in [1.54, 1.807) is 6.20 Å². The highest BCUT2D eigenvalue weighted by Gasteiger charge is 2.09. The van der Waals surface area contributed by atoms with Crippen LogP contribution in [0.25, 0.3) is 11.6 Å². The molecule has 0 amide bonds. The second-order valence-electron chi connectivity index (χ2n) is 5.73. The van der Waals surface area contributed by atoms with Crippen LogP contribution in [0.1, 0.15) is 18.3 Å². The lowest BCUT2D eigenvalue weighted by atomic mass is 10.2. The molecule has 0 fully saturated rings. The first-order valence-electron chi connectivity index (χ1n) is 8.75. The van der Waals surface area contributed by atoms with Gasteiger partial charge in [0.25, 0.3) is 5.89 Å². The highest BCUT2D eigenvalue weighted by Crippen LogP contribution is 2.13. The van der Waals surface area contributed by atoms with Gasteiger partial charge in [-0.2, -0.15) is 4.98 Å². The van der Waals surface area contributed by atoms with Gasteiger partial charge in [0.1, 0.15) is 5.69 Å². The van der Waals surface area contributed by atoms with E-state index in [1.165, 1.54) is 0 Å². The van der Waals surface area contributed by atoms with E-state index < -0.39 is 0 Å². The predicted octanol–water partition coefficient (Wildman–Crippen LogP) is 3.08. The van der Waals surface area contributed by atoms with Crippen LogP contribution in [-0.4, -0.2) is 34.2 Å². The zero-order valence-electron chi connectivity index (χ0n) is 15.0. The van der Waals surface area contributed by atoms with Crippen molar-refractivity contribution in [2.75, 3.05) is 13.1 Å². The maximum atomic E-state index is 5.91. The molecule has 2 N–H and O–H groups in total. The Morgan fingerprint density at radius 1 is 1.15 bits per heavy atom. The Morgan fingerprint density at radius 3 is 2.74 bits per heavy atom. The van der Waals surface area contributed by atoms with E-state index in [4.69, 9.17) is 16.1 Å². The molecule has 2 heterocycles. The lowest BCUT2D eigenvalue weighted by molar-refractivity contribution is 0.421. The van der Waals surface area contributed by atoms with Gasteiger partial charge in [-0.1, -0.05) is 35.0 Å². The van der Waals surface area contributed by atoms with Crippen LogP contribution in [0.15, 0.2) is 58.2 Å². The lowest BCUT2D eigenvalue weighted by Gasteiger charge is -2.10. The molecular weight excluding hydrogens is 364 g/mol. The van der Waals surface area contributed by atoms with Gasteiger partial charge in [-0.25, -0.2) is 4.99 Å². The Hall–Kier alpha value is -2.93. The van der Waals surface area contributed by atoms with E-state index in [-0.39, 0.29) is 0 Å². The highest BCUT2D eigenvalue weighted by molar-refractivity contribution is 6.30. The average Bonchev–Trinajstić information content (AvgIpc) is 3.17. The van der Waals surface area contributed by atoms with Gasteiger partial charge < -0.3 is 15.2 Å². The lowest BCUT2D eigenvalue weighted by Crippen LogP contribution is -2.38. The number of pyridine rings is 1. The summed E-state index contributed by atoms with van der Waals surface area (Å²) in [6.45, 7) is 4.00. The molecule has 3 aromatic rings. The zero-order valence-corrected chi connectivity index (χ0v) is 15.8. The Morgan fingerprint density at radius 2 is 2.00 bits per heavy atom. The molecule has 1 aromatic carbocycles. The van der Waals surface area contributed by atoms with Gasteiger partial charge in [0.05, 0.1) is 6.54 Å².